The number of anilines is 2. The molecule has 1 aliphatic heterocycles. The van der Waals surface area contributed by atoms with Crippen LogP contribution >= 0.6 is 11.3 Å². The molecule has 0 aliphatic carbocycles. The number of aromatic amines is 1. The van der Waals surface area contributed by atoms with Crippen LogP contribution in [0, 0.1) is 5.82 Å². The van der Waals surface area contributed by atoms with Gasteiger partial charge in [0.1, 0.15) is 16.5 Å². The molecule has 0 radical (unpaired) electrons. The molecule has 3 heterocycles. The van der Waals surface area contributed by atoms with Crippen LogP contribution in [0.3, 0.4) is 0 Å². The molecule has 35 heavy (non-hydrogen) atoms. The number of halogens is 1. The number of amides is 2. The van der Waals surface area contributed by atoms with Gasteiger partial charge >= 0.3 is 0 Å². The maximum absolute atomic E-state index is 13.7. The van der Waals surface area contributed by atoms with Crippen molar-refractivity contribution < 1.29 is 18.7 Å². The lowest BCUT2D eigenvalue weighted by Crippen LogP contribution is -2.36. The van der Waals surface area contributed by atoms with Crippen molar-refractivity contribution in [2.24, 2.45) is 0 Å². The van der Waals surface area contributed by atoms with E-state index in [1.807, 2.05) is 18.2 Å². The van der Waals surface area contributed by atoms with Gasteiger partial charge in [0, 0.05) is 41.3 Å². The Morgan fingerprint density at radius 3 is 2.66 bits per heavy atom. The highest BCUT2D eigenvalue weighted by molar-refractivity contribution is 7.18. The molecule has 1 saturated heterocycles. The molecular weight excluding hydrogens is 469 g/mol. The molecule has 0 saturated carbocycles. The number of nitrogens with one attached hydrogen (secondary N) is 3. The van der Waals surface area contributed by atoms with E-state index < -0.39 is 0 Å². The molecule has 10 heteroatoms. The van der Waals surface area contributed by atoms with Gasteiger partial charge in [-0.2, -0.15) is 5.10 Å². The summed E-state index contributed by atoms with van der Waals surface area (Å²) < 4.78 is 19.1. The lowest BCUT2D eigenvalue weighted by atomic mass is 10.1. The highest BCUT2D eigenvalue weighted by Crippen LogP contribution is 2.30. The van der Waals surface area contributed by atoms with Crippen molar-refractivity contribution in [3.63, 3.8) is 0 Å². The number of carbonyl (C=O) groups excluding carboxylic acids is 2. The first kappa shape index (κ1) is 23.0. The largest absolute Gasteiger partial charge is 0.378 e. The van der Waals surface area contributed by atoms with Gasteiger partial charge in [-0.05, 0) is 36.4 Å². The van der Waals surface area contributed by atoms with E-state index in [0.717, 1.165) is 29.0 Å². The minimum absolute atomic E-state index is 0.125. The smallest absolute Gasteiger partial charge is 0.256 e. The van der Waals surface area contributed by atoms with E-state index in [9.17, 15) is 14.0 Å². The molecule has 3 N–H and O–H groups in total. The number of H-pyrrole nitrogens is 1. The second-order valence-corrected chi connectivity index (χ2v) is 9.29. The molecule has 2 aromatic carbocycles. The van der Waals surface area contributed by atoms with E-state index in [1.54, 1.807) is 30.3 Å². The number of hydrogen-bond donors (Lipinski definition) is 3. The van der Waals surface area contributed by atoms with E-state index in [0.29, 0.717) is 35.0 Å². The third kappa shape index (κ3) is 5.33. The highest BCUT2D eigenvalue weighted by atomic mass is 32.1. The van der Waals surface area contributed by atoms with Crippen LogP contribution in [-0.2, 0) is 22.5 Å². The molecule has 2 amide bonds. The van der Waals surface area contributed by atoms with E-state index in [2.05, 4.69) is 25.7 Å². The Morgan fingerprint density at radius 1 is 1.11 bits per heavy atom. The SMILES string of the molecule is O=C(Cc1cc2c(NC(=O)c3ccc(N4CCOCC4)cc3)[nH]nc2s1)NCc1ccccc1F. The third-order valence-electron chi connectivity index (χ3n) is 5.81. The summed E-state index contributed by atoms with van der Waals surface area (Å²) in [7, 11) is 0. The molecule has 1 aliphatic rings. The molecule has 8 nitrogen and oxygen atoms in total. The standard InChI is InChI=1S/C25H24FN5O3S/c26-21-4-2-1-3-17(21)15-27-22(32)14-19-13-20-23(29-30-25(20)35-19)28-24(33)16-5-7-18(8-6-16)31-9-11-34-12-10-31/h1-8,13H,9-12,14-15H2,(H,27,32)(H2,28,29,30,33). The summed E-state index contributed by atoms with van der Waals surface area (Å²) in [6, 6.07) is 15.6. The summed E-state index contributed by atoms with van der Waals surface area (Å²) in [4.78, 5) is 28.9. The van der Waals surface area contributed by atoms with E-state index in [-0.39, 0.29) is 30.6 Å². The third-order valence-corrected chi connectivity index (χ3v) is 6.84. The van der Waals surface area contributed by atoms with E-state index in [1.165, 1.54) is 17.4 Å². The summed E-state index contributed by atoms with van der Waals surface area (Å²) in [5, 5.41) is 13.5. The Bertz CT molecular complexity index is 1340. The fraction of sp³-hybridized carbons (Fsp3) is 0.240. The van der Waals surface area contributed by atoms with Gasteiger partial charge in [-0.15, -0.1) is 11.3 Å². The average molecular weight is 494 g/mol. The maximum Gasteiger partial charge on any atom is 0.256 e. The van der Waals surface area contributed by atoms with Crippen molar-refractivity contribution >= 4 is 44.9 Å². The van der Waals surface area contributed by atoms with Gasteiger partial charge in [0.05, 0.1) is 25.0 Å². The number of hydrogen-bond acceptors (Lipinski definition) is 6. The molecular formula is C25H24FN5O3S. The quantitative estimate of drug-likeness (QED) is 0.365. The van der Waals surface area contributed by atoms with Gasteiger partial charge < -0.3 is 20.3 Å². The predicted molar refractivity (Wildman–Crippen MR) is 133 cm³/mol. The monoisotopic (exact) mass is 493 g/mol. The zero-order valence-corrected chi connectivity index (χ0v) is 19.7. The maximum atomic E-state index is 13.7. The fourth-order valence-corrected chi connectivity index (χ4v) is 4.92. The summed E-state index contributed by atoms with van der Waals surface area (Å²) in [6.45, 7) is 3.20. The average Bonchev–Trinajstić information content (AvgIpc) is 3.45. The summed E-state index contributed by atoms with van der Waals surface area (Å²) in [5.74, 6) is -0.332. The Hall–Kier alpha value is -3.76. The minimum atomic E-state index is -0.349. The number of ether oxygens (including phenoxy) is 1. The summed E-state index contributed by atoms with van der Waals surface area (Å²) in [5.41, 5.74) is 2.03. The molecule has 0 unspecified atom stereocenters. The second kappa shape index (κ2) is 10.2. The minimum Gasteiger partial charge on any atom is -0.378 e. The molecule has 0 bridgehead atoms. The number of morpholine rings is 1. The first-order valence-corrected chi connectivity index (χ1v) is 12.1. The number of benzene rings is 2. The molecule has 4 aromatic rings. The van der Waals surface area contributed by atoms with Crippen molar-refractivity contribution in [2.45, 2.75) is 13.0 Å². The molecule has 0 spiro atoms. The zero-order valence-electron chi connectivity index (χ0n) is 18.8. The Morgan fingerprint density at radius 2 is 1.89 bits per heavy atom. The van der Waals surface area contributed by atoms with Gasteiger partial charge in [0.2, 0.25) is 5.91 Å². The summed E-state index contributed by atoms with van der Waals surface area (Å²) in [6.07, 6.45) is 0.145. The number of nitrogens with zero attached hydrogens (tertiary/aromatic N) is 2. The molecule has 2 aromatic heterocycles. The van der Waals surface area contributed by atoms with Crippen LogP contribution in [0.2, 0.25) is 0 Å². The summed E-state index contributed by atoms with van der Waals surface area (Å²) >= 11 is 1.37. The van der Waals surface area contributed by atoms with Crippen LogP contribution in [-0.4, -0.2) is 48.3 Å². The van der Waals surface area contributed by atoms with Crippen LogP contribution < -0.4 is 15.5 Å². The van der Waals surface area contributed by atoms with Crippen LogP contribution in [0.15, 0.2) is 54.6 Å². The second-order valence-electron chi connectivity index (χ2n) is 8.18. The zero-order chi connectivity index (χ0) is 24.2. The van der Waals surface area contributed by atoms with Gasteiger partial charge in [-0.1, -0.05) is 18.2 Å². The number of aromatic nitrogens is 2. The predicted octanol–water partition coefficient (Wildman–Crippen LogP) is 3.71. The molecule has 0 atom stereocenters. The topological polar surface area (TPSA) is 99.4 Å². The fourth-order valence-electron chi connectivity index (χ4n) is 3.93. The van der Waals surface area contributed by atoms with Gasteiger partial charge in [-0.25, -0.2) is 4.39 Å². The normalized spacial score (nSPS) is 13.7. The Balaban J connectivity index is 1.20. The lowest BCUT2D eigenvalue weighted by Gasteiger charge is -2.28. The Kier molecular flexibility index (Phi) is 6.73. The lowest BCUT2D eigenvalue weighted by molar-refractivity contribution is -0.120. The van der Waals surface area contributed by atoms with Crippen molar-refractivity contribution in [3.8, 4) is 0 Å². The van der Waals surface area contributed by atoms with Crippen molar-refractivity contribution in [1.29, 1.82) is 0 Å². The number of fused-ring (bicyclic) bond motifs is 1. The van der Waals surface area contributed by atoms with Crippen molar-refractivity contribution in [3.05, 3.63) is 76.4 Å². The van der Waals surface area contributed by atoms with Crippen molar-refractivity contribution in [2.75, 3.05) is 36.5 Å². The molecule has 180 valence electrons. The van der Waals surface area contributed by atoms with E-state index >= 15 is 0 Å². The van der Waals surface area contributed by atoms with Gasteiger partial charge in [0.25, 0.3) is 5.91 Å². The van der Waals surface area contributed by atoms with Crippen LogP contribution in [0.25, 0.3) is 10.2 Å². The Labute approximate surface area is 205 Å². The van der Waals surface area contributed by atoms with Crippen molar-refractivity contribution in [1.82, 2.24) is 15.5 Å². The first-order chi connectivity index (χ1) is 17.1. The van der Waals surface area contributed by atoms with E-state index in [4.69, 9.17) is 4.74 Å². The first-order valence-electron chi connectivity index (χ1n) is 11.3. The number of carbonyl (C=O) groups is 2. The van der Waals surface area contributed by atoms with Gasteiger partial charge in [0.15, 0.2) is 0 Å². The molecule has 5 rings (SSSR count). The van der Waals surface area contributed by atoms with Crippen LogP contribution in [0.4, 0.5) is 15.9 Å². The molecule has 1 fully saturated rings. The number of rotatable bonds is 7. The number of thiophene rings is 1. The van der Waals surface area contributed by atoms with Gasteiger partial charge in [-0.3, -0.25) is 14.7 Å². The van der Waals surface area contributed by atoms with Crippen LogP contribution in [0.1, 0.15) is 20.8 Å². The highest BCUT2D eigenvalue weighted by Gasteiger charge is 2.16. The van der Waals surface area contributed by atoms with Crippen LogP contribution in [0.5, 0.6) is 0 Å².